The molecule has 0 saturated carbocycles. The van der Waals surface area contributed by atoms with Gasteiger partial charge in [-0.1, -0.05) is 0 Å². The van der Waals surface area contributed by atoms with Gasteiger partial charge < -0.3 is 9.80 Å². The summed E-state index contributed by atoms with van der Waals surface area (Å²) in [5.41, 5.74) is 2.35. The van der Waals surface area contributed by atoms with E-state index in [1.165, 1.54) is 4.90 Å². The Hall–Kier alpha value is -1.47. The minimum Gasteiger partial charge on any atom is -0.309 e. The Morgan fingerprint density at radius 1 is 1.30 bits per heavy atom. The van der Waals surface area contributed by atoms with Gasteiger partial charge >= 0.3 is 16.4 Å². The molecule has 3 rings (SSSR count). The second-order valence-electron chi connectivity index (χ2n) is 5.94. The minimum atomic E-state index is -4.79. The summed E-state index contributed by atoms with van der Waals surface area (Å²) in [7, 11) is -2.86. The number of carbonyl (C=O) groups excluding carboxylic acids is 2. The molecule has 12 heteroatoms. The van der Waals surface area contributed by atoms with E-state index in [-0.39, 0.29) is 12.6 Å². The van der Waals surface area contributed by atoms with Gasteiger partial charge in [0, 0.05) is 19.6 Å². The van der Waals surface area contributed by atoms with E-state index >= 15 is 0 Å². The van der Waals surface area contributed by atoms with Crippen molar-refractivity contribution in [2.75, 3.05) is 26.7 Å². The number of carbonyl (C=O) groups is 2. The fourth-order valence-corrected chi connectivity index (χ4v) is 3.42. The fourth-order valence-electron chi connectivity index (χ4n) is 3.03. The summed E-state index contributed by atoms with van der Waals surface area (Å²) in [5, 5.41) is 0.602. The van der Waals surface area contributed by atoms with Crippen LogP contribution in [-0.2, 0) is 24.3 Å². The molecule has 3 aliphatic heterocycles. The van der Waals surface area contributed by atoms with Crippen molar-refractivity contribution < 1.29 is 31.7 Å². The van der Waals surface area contributed by atoms with Crippen LogP contribution in [0.4, 0.5) is 4.79 Å². The third-order valence-electron chi connectivity index (χ3n) is 4.16. The van der Waals surface area contributed by atoms with Crippen LogP contribution in [0.1, 0.15) is 12.8 Å². The SMILES string of the molecule is CN1CC(ONC(=O)C2CCC3CN2C(=O)N3OS(=O)(=O)O)C1. The third-order valence-corrected chi connectivity index (χ3v) is 4.51. The second-order valence-corrected chi connectivity index (χ2v) is 6.94. The number of piperidine rings is 1. The minimum absolute atomic E-state index is 0.0751. The van der Waals surface area contributed by atoms with Gasteiger partial charge in [-0.25, -0.2) is 10.3 Å². The maximum atomic E-state index is 12.2. The van der Waals surface area contributed by atoms with Crippen LogP contribution in [0.2, 0.25) is 0 Å². The van der Waals surface area contributed by atoms with Crippen molar-refractivity contribution in [2.45, 2.75) is 31.0 Å². The van der Waals surface area contributed by atoms with E-state index in [4.69, 9.17) is 9.39 Å². The van der Waals surface area contributed by atoms with Crippen molar-refractivity contribution in [2.24, 2.45) is 0 Å². The Kier molecular flexibility index (Phi) is 4.18. The van der Waals surface area contributed by atoms with Crippen LogP contribution in [0.3, 0.4) is 0 Å². The average Bonchev–Trinajstić information content (AvgIpc) is 2.66. The molecule has 0 aliphatic carbocycles. The molecule has 2 bridgehead atoms. The summed E-state index contributed by atoms with van der Waals surface area (Å²) in [5.74, 6) is -0.458. The molecule has 0 aromatic heterocycles. The van der Waals surface area contributed by atoms with E-state index in [2.05, 4.69) is 9.76 Å². The highest BCUT2D eigenvalue weighted by molar-refractivity contribution is 7.80. The van der Waals surface area contributed by atoms with Crippen LogP contribution in [0.5, 0.6) is 0 Å². The number of hydroxylamine groups is 3. The fraction of sp³-hybridized carbons (Fsp3) is 0.818. The summed E-state index contributed by atoms with van der Waals surface area (Å²) in [6.45, 7) is 1.58. The molecule has 2 unspecified atom stereocenters. The average molecular weight is 350 g/mol. The number of urea groups is 1. The molecule has 3 aliphatic rings. The molecule has 0 spiro atoms. The van der Waals surface area contributed by atoms with E-state index < -0.39 is 34.4 Å². The lowest BCUT2D eigenvalue weighted by molar-refractivity contribution is -0.152. The van der Waals surface area contributed by atoms with E-state index in [0.717, 1.165) is 0 Å². The molecule has 3 saturated heterocycles. The number of amides is 3. The molecular formula is C11H18N4O7S. The summed E-state index contributed by atoms with van der Waals surface area (Å²) in [6.07, 6.45) is 0.651. The number of likely N-dealkylation sites (tertiary alicyclic amines) is 1. The zero-order valence-electron chi connectivity index (χ0n) is 12.4. The largest absolute Gasteiger partial charge is 0.418 e. The molecule has 11 nitrogen and oxygen atoms in total. The van der Waals surface area contributed by atoms with Gasteiger partial charge in [0.25, 0.3) is 5.91 Å². The number of nitrogens with one attached hydrogen (secondary N) is 1. The van der Waals surface area contributed by atoms with Crippen molar-refractivity contribution in [1.82, 2.24) is 20.3 Å². The Morgan fingerprint density at radius 3 is 2.61 bits per heavy atom. The quantitative estimate of drug-likeness (QED) is 0.446. The molecule has 3 fully saturated rings. The second kappa shape index (κ2) is 5.87. The lowest BCUT2D eigenvalue weighted by Crippen LogP contribution is -2.55. The number of hydrogen-bond donors (Lipinski definition) is 2. The zero-order valence-corrected chi connectivity index (χ0v) is 13.2. The molecule has 0 aromatic carbocycles. The van der Waals surface area contributed by atoms with Crippen molar-refractivity contribution in [3.63, 3.8) is 0 Å². The molecule has 2 atom stereocenters. The molecule has 3 heterocycles. The van der Waals surface area contributed by atoms with E-state index in [9.17, 15) is 18.0 Å². The smallest absolute Gasteiger partial charge is 0.309 e. The van der Waals surface area contributed by atoms with Crippen molar-refractivity contribution in [3.05, 3.63) is 0 Å². The van der Waals surface area contributed by atoms with Crippen molar-refractivity contribution >= 4 is 22.3 Å². The predicted molar refractivity (Wildman–Crippen MR) is 73.9 cm³/mol. The van der Waals surface area contributed by atoms with Gasteiger partial charge in [0.15, 0.2) is 0 Å². The molecule has 2 N–H and O–H groups in total. The predicted octanol–water partition coefficient (Wildman–Crippen LogP) is -1.65. The normalized spacial score (nSPS) is 28.9. The summed E-state index contributed by atoms with van der Waals surface area (Å²) in [6, 6.07) is -2.05. The number of nitrogens with zero attached hydrogens (tertiary/aromatic N) is 3. The van der Waals surface area contributed by atoms with Gasteiger partial charge in [-0.2, -0.15) is 13.5 Å². The van der Waals surface area contributed by atoms with E-state index in [0.29, 0.717) is 31.0 Å². The highest BCUT2D eigenvalue weighted by atomic mass is 32.3. The van der Waals surface area contributed by atoms with Gasteiger partial charge in [0.05, 0.1) is 6.04 Å². The first-order valence-electron chi connectivity index (χ1n) is 7.15. The van der Waals surface area contributed by atoms with Gasteiger partial charge in [-0.3, -0.25) is 14.2 Å². The standard InChI is InChI=1S/C11H18N4O7S/c1-13-5-8(6-13)21-12-10(16)9-3-2-7-4-14(9)11(17)15(7)22-23(18,19)20/h7-9H,2-6H2,1H3,(H,12,16)(H,18,19,20). The zero-order chi connectivity index (χ0) is 16.8. The maximum absolute atomic E-state index is 12.2. The van der Waals surface area contributed by atoms with Gasteiger partial charge in [0.2, 0.25) is 0 Å². The first kappa shape index (κ1) is 16.4. The Labute approximate surface area is 132 Å². The van der Waals surface area contributed by atoms with Crippen LogP contribution in [-0.4, -0.2) is 84.6 Å². The van der Waals surface area contributed by atoms with Gasteiger partial charge in [-0.05, 0) is 19.9 Å². The highest BCUT2D eigenvalue weighted by Gasteiger charge is 2.49. The number of likely N-dealkylation sites (N-methyl/N-ethyl adjacent to an activating group) is 1. The van der Waals surface area contributed by atoms with Crippen molar-refractivity contribution in [3.8, 4) is 0 Å². The van der Waals surface area contributed by atoms with E-state index in [1.54, 1.807) is 0 Å². The summed E-state index contributed by atoms with van der Waals surface area (Å²) < 4.78 is 34.6. The molecule has 130 valence electrons. The van der Waals surface area contributed by atoms with E-state index in [1.807, 2.05) is 11.9 Å². The summed E-state index contributed by atoms with van der Waals surface area (Å²) >= 11 is 0. The number of hydrogen-bond acceptors (Lipinski definition) is 7. The number of rotatable bonds is 5. The Bertz CT molecular complexity index is 605. The maximum Gasteiger partial charge on any atom is 0.418 e. The third kappa shape index (κ3) is 3.40. The van der Waals surface area contributed by atoms with Gasteiger partial charge in [0.1, 0.15) is 12.1 Å². The first-order valence-corrected chi connectivity index (χ1v) is 8.52. The Morgan fingerprint density at radius 2 is 2.00 bits per heavy atom. The van der Waals surface area contributed by atoms with Crippen LogP contribution >= 0.6 is 0 Å². The van der Waals surface area contributed by atoms with Crippen LogP contribution < -0.4 is 5.48 Å². The lowest BCUT2D eigenvalue weighted by Gasteiger charge is -2.36. The Balaban J connectivity index is 1.58. The highest BCUT2D eigenvalue weighted by Crippen LogP contribution is 2.30. The number of fused-ring (bicyclic) bond motifs is 2. The molecule has 0 aromatic rings. The molecule has 23 heavy (non-hydrogen) atoms. The lowest BCUT2D eigenvalue weighted by atomic mass is 10.0. The first-order chi connectivity index (χ1) is 10.7. The summed E-state index contributed by atoms with van der Waals surface area (Å²) in [4.78, 5) is 32.8. The van der Waals surface area contributed by atoms with Crippen LogP contribution in [0.25, 0.3) is 0 Å². The van der Waals surface area contributed by atoms with Crippen LogP contribution in [0.15, 0.2) is 0 Å². The van der Waals surface area contributed by atoms with Gasteiger partial charge in [-0.15, -0.1) is 4.28 Å². The molecular weight excluding hydrogens is 332 g/mol. The molecule has 3 amide bonds. The topological polar surface area (TPSA) is 129 Å². The monoisotopic (exact) mass is 350 g/mol. The van der Waals surface area contributed by atoms with Crippen LogP contribution in [0, 0.1) is 0 Å². The molecule has 0 radical (unpaired) electrons. The van der Waals surface area contributed by atoms with Crippen molar-refractivity contribution in [1.29, 1.82) is 0 Å².